The first kappa shape index (κ1) is 12.0. The molecule has 2 unspecified atom stereocenters. The molecule has 0 bridgehead atoms. The van der Waals surface area contributed by atoms with Gasteiger partial charge in [-0.15, -0.1) is 11.8 Å². The fourth-order valence-corrected chi connectivity index (χ4v) is 3.65. The molecule has 1 nitrogen and oxygen atoms in total. The van der Waals surface area contributed by atoms with Gasteiger partial charge in [0.2, 0.25) is 0 Å². The number of halogens is 2. The fraction of sp³-hybridized carbons (Fsp3) is 0.455. The molecule has 1 aliphatic heterocycles. The summed E-state index contributed by atoms with van der Waals surface area (Å²) in [6, 6.07) is 7.13. The molecule has 2 atom stereocenters. The van der Waals surface area contributed by atoms with Crippen molar-refractivity contribution in [3.63, 3.8) is 0 Å². The molecular formula is C11H13Br2NS. The highest BCUT2D eigenvalue weighted by Gasteiger charge is 2.24. The Bertz CT molecular complexity index is 356. The van der Waals surface area contributed by atoms with Gasteiger partial charge in [0, 0.05) is 20.7 Å². The van der Waals surface area contributed by atoms with Crippen LogP contribution in [0.4, 0.5) is 0 Å². The Hall–Kier alpha value is 0.490. The monoisotopic (exact) mass is 349 g/mol. The van der Waals surface area contributed by atoms with Crippen LogP contribution in [0, 0.1) is 0 Å². The lowest BCUT2D eigenvalue weighted by Gasteiger charge is -2.13. The number of hydrogen-bond acceptors (Lipinski definition) is 2. The minimum Gasteiger partial charge on any atom is -0.298 e. The molecule has 1 N–H and O–H groups in total. The Morgan fingerprint density at radius 2 is 2.20 bits per heavy atom. The van der Waals surface area contributed by atoms with Gasteiger partial charge in [-0.05, 0) is 56.0 Å². The maximum Gasteiger partial charge on any atom is 0.0792 e. The van der Waals surface area contributed by atoms with Crippen molar-refractivity contribution in [2.75, 3.05) is 5.75 Å². The van der Waals surface area contributed by atoms with Gasteiger partial charge < -0.3 is 0 Å². The van der Waals surface area contributed by atoms with E-state index in [1.807, 2.05) is 11.8 Å². The summed E-state index contributed by atoms with van der Waals surface area (Å²) >= 11 is 9.03. The van der Waals surface area contributed by atoms with Gasteiger partial charge in [-0.3, -0.25) is 5.32 Å². The number of benzene rings is 1. The predicted octanol–water partition coefficient (Wildman–Crippen LogP) is 4.33. The molecule has 1 saturated heterocycles. The second-order valence-electron chi connectivity index (χ2n) is 3.66. The normalized spacial score (nSPS) is 25.8. The van der Waals surface area contributed by atoms with Crippen molar-refractivity contribution in [3.05, 3.63) is 32.7 Å². The van der Waals surface area contributed by atoms with Crippen LogP contribution >= 0.6 is 43.6 Å². The van der Waals surface area contributed by atoms with E-state index in [1.54, 1.807) is 0 Å². The van der Waals surface area contributed by atoms with Gasteiger partial charge in [0.1, 0.15) is 0 Å². The van der Waals surface area contributed by atoms with Crippen LogP contribution in [0.2, 0.25) is 0 Å². The lowest BCUT2D eigenvalue weighted by atomic mass is 10.2. The van der Waals surface area contributed by atoms with Crippen molar-refractivity contribution in [2.24, 2.45) is 0 Å². The molecule has 0 radical (unpaired) electrons. The van der Waals surface area contributed by atoms with Crippen molar-refractivity contribution in [1.29, 1.82) is 0 Å². The first-order valence-corrected chi connectivity index (χ1v) is 7.66. The van der Waals surface area contributed by atoms with Crippen LogP contribution in [0.25, 0.3) is 0 Å². The first-order chi connectivity index (χ1) is 7.20. The van der Waals surface area contributed by atoms with Gasteiger partial charge >= 0.3 is 0 Å². The second-order valence-corrected chi connectivity index (χ2v) is 6.51. The third kappa shape index (κ3) is 2.78. The van der Waals surface area contributed by atoms with E-state index in [-0.39, 0.29) is 0 Å². The lowest BCUT2D eigenvalue weighted by Crippen LogP contribution is -2.24. The molecule has 0 spiro atoms. The van der Waals surface area contributed by atoms with E-state index in [2.05, 4.69) is 62.3 Å². The minimum atomic E-state index is 0.458. The zero-order valence-corrected chi connectivity index (χ0v) is 12.5. The maximum absolute atomic E-state index is 3.63. The summed E-state index contributed by atoms with van der Waals surface area (Å²) in [6.45, 7) is 2.23. The molecule has 1 aliphatic rings. The number of thioether (sulfide) groups is 1. The van der Waals surface area contributed by atoms with Gasteiger partial charge in [-0.25, -0.2) is 0 Å². The van der Waals surface area contributed by atoms with Crippen molar-refractivity contribution in [1.82, 2.24) is 5.32 Å². The summed E-state index contributed by atoms with van der Waals surface area (Å²) < 4.78 is 2.24. The molecule has 1 heterocycles. The van der Waals surface area contributed by atoms with Gasteiger partial charge in [-0.2, -0.15) is 0 Å². The number of rotatable bonds is 2. The minimum absolute atomic E-state index is 0.458. The Morgan fingerprint density at radius 3 is 2.80 bits per heavy atom. The molecule has 1 aromatic carbocycles. The number of nitrogens with one attached hydrogen (secondary N) is 1. The zero-order valence-electron chi connectivity index (χ0n) is 8.47. The van der Waals surface area contributed by atoms with Crippen LogP contribution in [0.3, 0.4) is 0 Å². The average molecular weight is 351 g/mol. The number of hydrogen-bond donors (Lipinski definition) is 1. The summed E-state index contributed by atoms with van der Waals surface area (Å²) in [6.07, 6.45) is 1.21. The van der Waals surface area contributed by atoms with Crippen LogP contribution in [-0.2, 0) is 0 Å². The van der Waals surface area contributed by atoms with Crippen molar-refractivity contribution in [2.45, 2.75) is 24.8 Å². The first-order valence-electron chi connectivity index (χ1n) is 5.03. The molecule has 0 aromatic heterocycles. The molecule has 82 valence electrons. The Labute approximate surface area is 112 Å². The summed E-state index contributed by atoms with van der Waals surface area (Å²) in [7, 11) is 0. The smallest absolute Gasteiger partial charge is 0.0792 e. The highest BCUT2D eigenvalue weighted by molar-refractivity contribution is 9.13. The summed E-state index contributed by atoms with van der Waals surface area (Å²) in [5, 5.41) is 4.09. The quantitative estimate of drug-likeness (QED) is 0.852. The standard InChI is InChI=1S/C11H13Br2NS/c1-2-8-6-15-11(14-8)7-3-4-9(12)10(13)5-7/h3-5,8,11,14H,2,6H2,1H3. The predicted molar refractivity (Wildman–Crippen MR) is 74.3 cm³/mol. The summed E-state index contributed by atoms with van der Waals surface area (Å²) in [4.78, 5) is 0. The van der Waals surface area contributed by atoms with Gasteiger partial charge in [0.05, 0.1) is 5.37 Å². The molecule has 1 fully saturated rings. The van der Waals surface area contributed by atoms with Crippen molar-refractivity contribution < 1.29 is 0 Å². The van der Waals surface area contributed by atoms with Gasteiger partial charge in [0.25, 0.3) is 0 Å². The molecular weight excluding hydrogens is 338 g/mol. The maximum atomic E-state index is 3.63. The van der Waals surface area contributed by atoms with E-state index in [0.29, 0.717) is 11.4 Å². The SMILES string of the molecule is CCC1CSC(c2ccc(Br)c(Br)c2)N1. The van der Waals surface area contributed by atoms with Crippen LogP contribution in [-0.4, -0.2) is 11.8 Å². The van der Waals surface area contributed by atoms with E-state index < -0.39 is 0 Å². The Morgan fingerprint density at radius 1 is 1.40 bits per heavy atom. The Balaban J connectivity index is 2.13. The second kappa shape index (κ2) is 5.21. The lowest BCUT2D eigenvalue weighted by molar-refractivity contribution is 0.561. The van der Waals surface area contributed by atoms with Gasteiger partial charge in [0.15, 0.2) is 0 Å². The molecule has 0 aliphatic carbocycles. The van der Waals surface area contributed by atoms with Crippen molar-refractivity contribution >= 4 is 43.6 Å². The fourth-order valence-electron chi connectivity index (χ4n) is 1.63. The van der Waals surface area contributed by atoms with E-state index >= 15 is 0 Å². The molecule has 15 heavy (non-hydrogen) atoms. The third-order valence-corrected chi connectivity index (χ3v) is 5.81. The van der Waals surface area contributed by atoms with Crippen LogP contribution in [0.15, 0.2) is 27.1 Å². The molecule has 1 aromatic rings. The van der Waals surface area contributed by atoms with E-state index in [4.69, 9.17) is 0 Å². The van der Waals surface area contributed by atoms with Gasteiger partial charge in [-0.1, -0.05) is 13.0 Å². The van der Waals surface area contributed by atoms with E-state index in [0.717, 1.165) is 8.95 Å². The summed E-state index contributed by atoms with van der Waals surface area (Å²) in [5.74, 6) is 1.22. The zero-order chi connectivity index (χ0) is 10.8. The van der Waals surface area contributed by atoms with Crippen LogP contribution in [0.5, 0.6) is 0 Å². The highest BCUT2D eigenvalue weighted by Crippen LogP contribution is 2.36. The largest absolute Gasteiger partial charge is 0.298 e. The van der Waals surface area contributed by atoms with Crippen LogP contribution in [0.1, 0.15) is 24.3 Å². The van der Waals surface area contributed by atoms with Crippen LogP contribution < -0.4 is 5.32 Å². The molecule has 4 heteroatoms. The Kier molecular flexibility index (Phi) is 4.16. The van der Waals surface area contributed by atoms with E-state index in [1.165, 1.54) is 17.7 Å². The topological polar surface area (TPSA) is 12.0 Å². The average Bonchev–Trinajstić information content (AvgIpc) is 2.70. The summed E-state index contributed by atoms with van der Waals surface area (Å²) in [5.41, 5.74) is 1.35. The third-order valence-electron chi connectivity index (χ3n) is 2.59. The molecule has 0 amide bonds. The highest BCUT2D eigenvalue weighted by atomic mass is 79.9. The van der Waals surface area contributed by atoms with Crippen molar-refractivity contribution in [3.8, 4) is 0 Å². The van der Waals surface area contributed by atoms with E-state index in [9.17, 15) is 0 Å². The molecule has 0 saturated carbocycles. The molecule has 2 rings (SSSR count).